The zero-order chi connectivity index (χ0) is 14.8. The van der Waals surface area contributed by atoms with E-state index in [1.54, 1.807) is 12.5 Å². The number of ether oxygens (including phenoxy) is 1. The van der Waals surface area contributed by atoms with Gasteiger partial charge in [-0.3, -0.25) is 0 Å². The number of aromatic nitrogens is 2. The number of imidazole rings is 1. The molecule has 2 atom stereocenters. The highest BCUT2D eigenvalue weighted by molar-refractivity contribution is 5.87. The first-order chi connectivity index (χ1) is 10.2. The summed E-state index contributed by atoms with van der Waals surface area (Å²) in [6, 6.07) is 10.1. The van der Waals surface area contributed by atoms with E-state index in [2.05, 4.69) is 11.9 Å². The van der Waals surface area contributed by atoms with E-state index in [-0.39, 0.29) is 18.1 Å². The Morgan fingerprint density at radius 3 is 2.67 bits per heavy atom. The molecule has 0 amide bonds. The summed E-state index contributed by atoms with van der Waals surface area (Å²) < 4.78 is 7.42. The Morgan fingerprint density at radius 2 is 2.00 bits per heavy atom. The van der Waals surface area contributed by atoms with Crippen molar-refractivity contribution in [3.05, 3.63) is 54.1 Å². The van der Waals surface area contributed by atoms with Crippen LogP contribution >= 0.6 is 0 Å². The van der Waals surface area contributed by atoms with Gasteiger partial charge < -0.3 is 9.30 Å². The van der Waals surface area contributed by atoms with E-state index in [1.807, 2.05) is 41.8 Å². The van der Waals surface area contributed by atoms with E-state index >= 15 is 0 Å². The summed E-state index contributed by atoms with van der Waals surface area (Å²) in [6.07, 6.45) is 5.59. The number of carbonyl (C=O) groups excluding carboxylic acids is 1. The number of hydrogen-bond donors (Lipinski definition) is 0. The summed E-state index contributed by atoms with van der Waals surface area (Å²) in [5, 5.41) is 0. The standard InChI is InChI=1S/C17H20N2O2/c1-12(14-6-4-3-5-7-14)19-11-18-10-16(19)17(20)21-13(2)15-8-9-15/h3-7,10-13,15H,8-9H2,1-2H3/t12-,13?/m1/s1. The number of rotatable bonds is 5. The molecule has 0 spiro atoms. The van der Waals surface area contributed by atoms with Crippen molar-refractivity contribution < 1.29 is 9.53 Å². The lowest BCUT2D eigenvalue weighted by Crippen LogP contribution is -2.20. The minimum atomic E-state index is -0.283. The maximum absolute atomic E-state index is 12.3. The third kappa shape index (κ3) is 2.99. The molecule has 1 aromatic carbocycles. The summed E-state index contributed by atoms with van der Waals surface area (Å²) in [4.78, 5) is 16.4. The molecule has 1 unspecified atom stereocenters. The first-order valence-corrected chi connectivity index (χ1v) is 7.44. The molecule has 0 bridgehead atoms. The van der Waals surface area contributed by atoms with E-state index in [0.29, 0.717) is 11.6 Å². The molecule has 0 aliphatic heterocycles. The zero-order valence-corrected chi connectivity index (χ0v) is 12.4. The first kappa shape index (κ1) is 13.9. The van der Waals surface area contributed by atoms with Crippen LogP contribution in [0.15, 0.2) is 42.9 Å². The highest BCUT2D eigenvalue weighted by Crippen LogP contribution is 2.34. The minimum absolute atomic E-state index is 0.00659. The average molecular weight is 284 g/mol. The SMILES string of the molecule is CC(OC(=O)c1cncn1[C@H](C)c1ccccc1)C1CC1. The summed E-state index contributed by atoms with van der Waals surface area (Å²) in [5.41, 5.74) is 1.65. The third-order valence-corrected chi connectivity index (χ3v) is 4.15. The lowest BCUT2D eigenvalue weighted by atomic mass is 10.1. The van der Waals surface area contributed by atoms with Gasteiger partial charge in [-0.1, -0.05) is 30.3 Å². The van der Waals surface area contributed by atoms with Crippen LogP contribution < -0.4 is 0 Å². The van der Waals surface area contributed by atoms with Crippen molar-refractivity contribution in [3.8, 4) is 0 Å². The fraction of sp³-hybridized carbons (Fsp3) is 0.412. The Kier molecular flexibility index (Phi) is 3.78. The normalized spacial score (nSPS) is 17.2. The second-order valence-corrected chi connectivity index (χ2v) is 5.72. The van der Waals surface area contributed by atoms with E-state index in [0.717, 1.165) is 18.4 Å². The number of benzene rings is 1. The van der Waals surface area contributed by atoms with Crippen LogP contribution in [0.3, 0.4) is 0 Å². The van der Waals surface area contributed by atoms with Gasteiger partial charge in [0, 0.05) is 0 Å². The molecule has 3 rings (SSSR count). The lowest BCUT2D eigenvalue weighted by molar-refractivity contribution is 0.0281. The molecule has 2 aromatic rings. The van der Waals surface area contributed by atoms with Crippen molar-refractivity contribution in [3.63, 3.8) is 0 Å². The van der Waals surface area contributed by atoms with Crippen LogP contribution in [-0.4, -0.2) is 21.6 Å². The van der Waals surface area contributed by atoms with Crippen LogP contribution in [0.2, 0.25) is 0 Å². The Balaban J connectivity index is 1.78. The van der Waals surface area contributed by atoms with Crippen molar-refractivity contribution >= 4 is 5.97 Å². The Bertz CT molecular complexity index is 617. The monoisotopic (exact) mass is 284 g/mol. The second kappa shape index (κ2) is 5.72. The largest absolute Gasteiger partial charge is 0.458 e. The lowest BCUT2D eigenvalue weighted by Gasteiger charge is -2.18. The third-order valence-electron chi connectivity index (χ3n) is 4.15. The summed E-state index contributed by atoms with van der Waals surface area (Å²) in [7, 11) is 0. The van der Waals surface area contributed by atoms with Gasteiger partial charge in [-0.15, -0.1) is 0 Å². The molecule has 1 saturated carbocycles. The van der Waals surface area contributed by atoms with Crippen molar-refractivity contribution in [2.45, 2.75) is 38.8 Å². The summed E-state index contributed by atoms with van der Waals surface area (Å²) >= 11 is 0. The molecule has 1 aromatic heterocycles. The fourth-order valence-corrected chi connectivity index (χ4v) is 2.55. The Hall–Kier alpha value is -2.10. The molecule has 110 valence electrons. The van der Waals surface area contributed by atoms with Gasteiger partial charge in [-0.2, -0.15) is 0 Å². The summed E-state index contributed by atoms with van der Waals surface area (Å²) in [6.45, 7) is 4.02. The predicted molar refractivity (Wildman–Crippen MR) is 80.1 cm³/mol. The van der Waals surface area contributed by atoms with Gasteiger partial charge in [0.2, 0.25) is 0 Å². The number of nitrogens with zero attached hydrogens (tertiary/aromatic N) is 2. The van der Waals surface area contributed by atoms with Gasteiger partial charge in [0.15, 0.2) is 0 Å². The Morgan fingerprint density at radius 1 is 1.29 bits per heavy atom. The molecule has 0 saturated heterocycles. The molecular weight excluding hydrogens is 264 g/mol. The van der Waals surface area contributed by atoms with E-state index in [1.165, 1.54) is 0 Å². The van der Waals surface area contributed by atoms with Gasteiger partial charge in [0.05, 0.1) is 18.6 Å². The highest BCUT2D eigenvalue weighted by Gasteiger charge is 2.31. The van der Waals surface area contributed by atoms with Crippen molar-refractivity contribution in [2.75, 3.05) is 0 Å². The van der Waals surface area contributed by atoms with Crippen molar-refractivity contribution in [1.29, 1.82) is 0 Å². The zero-order valence-electron chi connectivity index (χ0n) is 12.4. The fourth-order valence-electron chi connectivity index (χ4n) is 2.55. The smallest absolute Gasteiger partial charge is 0.356 e. The van der Waals surface area contributed by atoms with Crippen LogP contribution in [-0.2, 0) is 4.74 Å². The average Bonchev–Trinajstić information content (AvgIpc) is 3.24. The summed E-state index contributed by atoms with van der Waals surface area (Å²) in [5.74, 6) is 0.256. The predicted octanol–water partition coefficient (Wildman–Crippen LogP) is 3.45. The molecule has 0 N–H and O–H groups in total. The first-order valence-electron chi connectivity index (χ1n) is 7.44. The number of esters is 1. The van der Waals surface area contributed by atoms with Gasteiger partial charge in [-0.05, 0) is 38.2 Å². The van der Waals surface area contributed by atoms with Gasteiger partial charge in [-0.25, -0.2) is 9.78 Å². The molecule has 0 radical (unpaired) electrons. The van der Waals surface area contributed by atoms with Crippen LogP contribution in [0.1, 0.15) is 48.8 Å². The minimum Gasteiger partial charge on any atom is -0.458 e. The number of carbonyl (C=O) groups is 1. The maximum Gasteiger partial charge on any atom is 0.356 e. The second-order valence-electron chi connectivity index (χ2n) is 5.72. The molecule has 4 heteroatoms. The van der Waals surface area contributed by atoms with Crippen LogP contribution in [0, 0.1) is 5.92 Å². The van der Waals surface area contributed by atoms with Crippen LogP contribution in [0.4, 0.5) is 0 Å². The van der Waals surface area contributed by atoms with E-state index < -0.39 is 0 Å². The molecular formula is C17H20N2O2. The molecule has 1 aliphatic carbocycles. The molecule has 1 heterocycles. The highest BCUT2D eigenvalue weighted by atomic mass is 16.5. The molecule has 4 nitrogen and oxygen atoms in total. The van der Waals surface area contributed by atoms with E-state index in [9.17, 15) is 4.79 Å². The van der Waals surface area contributed by atoms with Gasteiger partial charge >= 0.3 is 5.97 Å². The van der Waals surface area contributed by atoms with Crippen LogP contribution in [0.5, 0.6) is 0 Å². The maximum atomic E-state index is 12.3. The Labute approximate surface area is 124 Å². The topological polar surface area (TPSA) is 44.1 Å². The van der Waals surface area contributed by atoms with Crippen LogP contribution in [0.25, 0.3) is 0 Å². The molecule has 1 fully saturated rings. The quantitative estimate of drug-likeness (QED) is 0.790. The molecule has 1 aliphatic rings. The van der Waals surface area contributed by atoms with Crippen molar-refractivity contribution in [2.24, 2.45) is 5.92 Å². The van der Waals surface area contributed by atoms with E-state index in [4.69, 9.17) is 4.74 Å². The van der Waals surface area contributed by atoms with Crippen molar-refractivity contribution in [1.82, 2.24) is 9.55 Å². The number of hydrogen-bond acceptors (Lipinski definition) is 3. The van der Waals surface area contributed by atoms with Gasteiger partial charge in [0.1, 0.15) is 11.8 Å². The molecule has 21 heavy (non-hydrogen) atoms. The van der Waals surface area contributed by atoms with Gasteiger partial charge in [0.25, 0.3) is 0 Å².